The molecule has 2 nitrogen and oxygen atoms in total. The zero-order valence-corrected chi connectivity index (χ0v) is 17.5. The number of hydrogen-bond donors (Lipinski definition) is 0. The summed E-state index contributed by atoms with van der Waals surface area (Å²) in [7, 11) is -3.74. The van der Waals surface area contributed by atoms with E-state index in [1.807, 2.05) is 0 Å². The quantitative estimate of drug-likeness (QED) is 0.667. The molecule has 0 aromatic heterocycles. The Morgan fingerprint density at radius 3 is 1.72 bits per heavy atom. The molecule has 0 aliphatic rings. The molecule has 0 aliphatic carbocycles. The van der Waals surface area contributed by atoms with Crippen LogP contribution in [0.4, 0.5) is 0 Å². The van der Waals surface area contributed by atoms with Gasteiger partial charge < -0.3 is 8.85 Å². The molecule has 0 heterocycles. The standard InChI is InChI=1S/C13H34O2Si3/c1-11-13(4,14-17(7)8)18(9,10)15-12(2,3)16(5)6/h16-17H,11H2,1-10H3/t13-/m0/s1. The molecule has 0 unspecified atom stereocenters. The zero-order valence-electron chi connectivity index (χ0n) is 14.2. The monoisotopic (exact) mass is 306 g/mol. The Morgan fingerprint density at radius 1 is 1.00 bits per heavy atom. The molecular formula is C13H34O2Si3. The van der Waals surface area contributed by atoms with E-state index < -0.39 is 26.2 Å². The first-order chi connectivity index (χ1) is 7.88. The van der Waals surface area contributed by atoms with Gasteiger partial charge in [0.25, 0.3) is 0 Å². The van der Waals surface area contributed by atoms with Gasteiger partial charge in [0.2, 0.25) is 8.32 Å². The Kier molecular flexibility index (Phi) is 6.55. The molecule has 1 atom stereocenters. The minimum Gasteiger partial charge on any atom is -0.415 e. The summed E-state index contributed by atoms with van der Waals surface area (Å²) >= 11 is 0. The lowest BCUT2D eigenvalue weighted by Gasteiger charge is -2.48. The summed E-state index contributed by atoms with van der Waals surface area (Å²) in [5, 5.41) is 0.0159. The molecule has 0 amide bonds. The molecule has 0 saturated heterocycles. The van der Waals surface area contributed by atoms with Gasteiger partial charge in [0.1, 0.15) is 0 Å². The normalized spacial score (nSPS) is 17.3. The highest BCUT2D eigenvalue weighted by molar-refractivity contribution is 6.76. The average Bonchev–Trinajstić information content (AvgIpc) is 2.14. The molecule has 0 saturated carbocycles. The molecule has 110 valence electrons. The van der Waals surface area contributed by atoms with Crippen molar-refractivity contribution in [1.82, 2.24) is 0 Å². The maximum Gasteiger partial charge on any atom is 0.216 e. The summed E-state index contributed by atoms with van der Waals surface area (Å²) in [4.78, 5) is 0. The molecule has 0 aromatic rings. The van der Waals surface area contributed by atoms with E-state index in [9.17, 15) is 0 Å². The molecule has 18 heavy (non-hydrogen) atoms. The fourth-order valence-electron chi connectivity index (χ4n) is 2.05. The van der Waals surface area contributed by atoms with E-state index in [1.165, 1.54) is 0 Å². The molecule has 0 rings (SSSR count). The van der Waals surface area contributed by atoms with Crippen LogP contribution < -0.4 is 0 Å². The van der Waals surface area contributed by atoms with E-state index in [0.29, 0.717) is 0 Å². The van der Waals surface area contributed by atoms with Gasteiger partial charge in [-0.05, 0) is 53.4 Å². The SMILES string of the molecule is CC[C@@](C)(O[SiH](C)C)[Si](C)(C)OC(C)(C)[SiH](C)C. The number of hydrogen-bond acceptors (Lipinski definition) is 2. The highest BCUT2D eigenvalue weighted by atomic mass is 28.4. The third-order valence-corrected chi connectivity index (χ3v) is 12.8. The Hall–Kier alpha value is 0.571. The topological polar surface area (TPSA) is 18.5 Å². The van der Waals surface area contributed by atoms with E-state index in [4.69, 9.17) is 8.85 Å². The van der Waals surface area contributed by atoms with Crippen LogP contribution in [0.1, 0.15) is 34.1 Å². The summed E-state index contributed by atoms with van der Waals surface area (Å²) in [6.45, 7) is 22.9. The molecule has 0 aliphatic heterocycles. The average molecular weight is 307 g/mol. The van der Waals surface area contributed by atoms with Crippen molar-refractivity contribution >= 4 is 26.2 Å². The lowest BCUT2D eigenvalue weighted by atomic mass is 10.3. The van der Waals surface area contributed by atoms with E-state index in [2.05, 4.69) is 67.0 Å². The Morgan fingerprint density at radius 2 is 1.44 bits per heavy atom. The molecule has 0 aromatic carbocycles. The van der Waals surface area contributed by atoms with Crippen molar-refractivity contribution in [2.24, 2.45) is 0 Å². The molecule has 0 spiro atoms. The van der Waals surface area contributed by atoms with Crippen LogP contribution in [0.25, 0.3) is 0 Å². The predicted octanol–water partition coefficient (Wildman–Crippen LogP) is 3.72. The van der Waals surface area contributed by atoms with Crippen molar-refractivity contribution in [3.05, 3.63) is 0 Å². The summed E-state index contributed by atoms with van der Waals surface area (Å²) in [5.74, 6) is 0. The van der Waals surface area contributed by atoms with Gasteiger partial charge in [0, 0.05) is 5.22 Å². The highest BCUT2D eigenvalue weighted by Crippen LogP contribution is 2.34. The second-order valence-electron chi connectivity index (χ2n) is 7.12. The maximum atomic E-state index is 6.64. The van der Waals surface area contributed by atoms with Crippen LogP contribution in [-0.4, -0.2) is 36.6 Å². The van der Waals surface area contributed by atoms with Crippen LogP contribution in [0.5, 0.6) is 0 Å². The van der Waals surface area contributed by atoms with E-state index in [1.54, 1.807) is 0 Å². The third-order valence-electron chi connectivity index (χ3n) is 4.35. The third kappa shape index (κ3) is 4.59. The Labute approximate surface area is 119 Å². The van der Waals surface area contributed by atoms with Gasteiger partial charge in [-0.3, -0.25) is 0 Å². The molecule has 0 N–H and O–H groups in total. The van der Waals surface area contributed by atoms with E-state index >= 15 is 0 Å². The van der Waals surface area contributed by atoms with Gasteiger partial charge >= 0.3 is 0 Å². The van der Waals surface area contributed by atoms with Crippen LogP contribution >= 0.6 is 0 Å². The lowest BCUT2D eigenvalue weighted by Crippen LogP contribution is -2.62. The van der Waals surface area contributed by atoms with Gasteiger partial charge in [-0.1, -0.05) is 20.0 Å². The van der Waals surface area contributed by atoms with Gasteiger partial charge in [0.05, 0.1) is 14.0 Å². The fourth-order valence-corrected chi connectivity index (χ4v) is 9.31. The van der Waals surface area contributed by atoms with Crippen molar-refractivity contribution in [2.45, 2.75) is 83.8 Å². The summed E-state index contributed by atoms with van der Waals surface area (Å²) < 4.78 is 13.0. The molecule has 0 bridgehead atoms. The van der Waals surface area contributed by atoms with Gasteiger partial charge in [-0.25, -0.2) is 0 Å². The van der Waals surface area contributed by atoms with Gasteiger partial charge in [-0.2, -0.15) is 0 Å². The van der Waals surface area contributed by atoms with Gasteiger partial charge in [-0.15, -0.1) is 0 Å². The van der Waals surface area contributed by atoms with Crippen molar-refractivity contribution in [1.29, 1.82) is 0 Å². The summed E-state index contributed by atoms with van der Waals surface area (Å²) in [6.07, 6.45) is 1.05. The first-order valence-corrected chi connectivity index (χ1v) is 15.8. The van der Waals surface area contributed by atoms with Crippen molar-refractivity contribution < 1.29 is 8.85 Å². The highest BCUT2D eigenvalue weighted by Gasteiger charge is 2.48. The van der Waals surface area contributed by atoms with Crippen molar-refractivity contribution in [3.8, 4) is 0 Å². The number of rotatable bonds is 7. The maximum absolute atomic E-state index is 6.64. The van der Waals surface area contributed by atoms with Crippen molar-refractivity contribution in [3.63, 3.8) is 0 Å². The largest absolute Gasteiger partial charge is 0.415 e. The summed E-state index contributed by atoms with van der Waals surface area (Å²) in [6, 6.07) is 0. The van der Waals surface area contributed by atoms with Crippen LogP contribution in [0.15, 0.2) is 0 Å². The lowest BCUT2D eigenvalue weighted by molar-refractivity contribution is 0.0927. The van der Waals surface area contributed by atoms with Crippen molar-refractivity contribution in [2.75, 3.05) is 0 Å². The first kappa shape index (κ1) is 18.6. The minimum absolute atomic E-state index is 0.0477. The summed E-state index contributed by atoms with van der Waals surface area (Å²) in [5.41, 5.74) is 0. The fraction of sp³-hybridized carbons (Fsp3) is 1.00. The second kappa shape index (κ2) is 6.35. The van der Waals surface area contributed by atoms with E-state index in [-0.39, 0.29) is 10.4 Å². The molecule has 5 heteroatoms. The van der Waals surface area contributed by atoms with Crippen LogP contribution in [0.3, 0.4) is 0 Å². The smallest absolute Gasteiger partial charge is 0.216 e. The molecule has 0 radical (unpaired) electrons. The minimum atomic E-state index is -1.87. The first-order valence-electron chi connectivity index (χ1n) is 7.26. The van der Waals surface area contributed by atoms with Gasteiger partial charge in [0.15, 0.2) is 9.04 Å². The Bertz CT molecular complexity index is 265. The Balaban J connectivity index is 5.09. The van der Waals surface area contributed by atoms with E-state index in [0.717, 1.165) is 6.42 Å². The molecule has 0 fully saturated rings. The predicted molar refractivity (Wildman–Crippen MR) is 90.2 cm³/mol. The van der Waals surface area contributed by atoms with Crippen LogP contribution in [0.2, 0.25) is 39.3 Å². The van der Waals surface area contributed by atoms with Crippen LogP contribution in [0, 0.1) is 0 Å². The zero-order chi connectivity index (χ0) is 14.8. The van der Waals surface area contributed by atoms with Crippen LogP contribution in [-0.2, 0) is 8.85 Å². The second-order valence-corrected chi connectivity index (χ2v) is 17.4. The molecular weight excluding hydrogens is 272 g/mol.